The van der Waals surface area contributed by atoms with E-state index >= 15 is 0 Å². The van der Waals surface area contributed by atoms with E-state index in [1.54, 1.807) is 24.8 Å². The first kappa shape index (κ1) is 17.3. The number of nitrogens with zero attached hydrogens (tertiary/aromatic N) is 4. The van der Waals surface area contributed by atoms with Crippen molar-refractivity contribution in [1.29, 1.82) is 10.5 Å². The van der Waals surface area contributed by atoms with Crippen LogP contribution in [0.3, 0.4) is 0 Å². The molecule has 0 fully saturated rings. The lowest BCUT2D eigenvalue weighted by molar-refractivity contribution is 0.964. The molecule has 0 bridgehead atoms. The zero-order valence-electron chi connectivity index (χ0n) is 11.3. The molecule has 0 N–H and O–H groups in total. The lowest BCUT2D eigenvalue weighted by Crippen LogP contribution is -1.89. The molecule has 21 heavy (non-hydrogen) atoms. The molecule has 2 aromatic heterocycles. The zero-order chi connectivity index (χ0) is 15.7. The van der Waals surface area contributed by atoms with E-state index < -0.39 is 0 Å². The first-order chi connectivity index (χ1) is 10.1. The molecule has 0 amide bonds. The highest BCUT2D eigenvalue weighted by Gasteiger charge is 2.03. The van der Waals surface area contributed by atoms with Gasteiger partial charge in [0.05, 0.1) is 24.5 Å². The summed E-state index contributed by atoms with van der Waals surface area (Å²) in [6.45, 7) is 1.85. The van der Waals surface area contributed by atoms with Crippen molar-refractivity contribution in [3.05, 3.63) is 57.0 Å². The molecule has 106 valence electrons. The highest BCUT2D eigenvalue weighted by Crippen LogP contribution is 2.16. The van der Waals surface area contributed by atoms with E-state index in [0.29, 0.717) is 6.42 Å². The van der Waals surface area contributed by atoms with Crippen molar-refractivity contribution in [2.75, 3.05) is 0 Å². The molecule has 0 aliphatic heterocycles. The number of hydrogen-bond donors (Lipinski definition) is 0. The molecule has 1 atom stereocenters. The number of halogens is 2. The first-order valence-corrected chi connectivity index (χ1v) is 7.62. The molecule has 1 unspecified atom stereocenters. The van der Waals surface area contributed by atoms with Gasteiger partial charge in [-0.15, -0.1) is 0 Å². The van der Waals surface area contributed by atoms with E-state index in [4.69, 9.17) is 10.5 Å². The fourth-order valence-corrected chi connectivity index (χ4v) is 2.18. The van der Waals surface area contributed by atoms with Crippen molar-refractivity contribution in [2.45, 2.75) is 19.3 Å². The molecule has 0 radical (unpaired) electrons. The van der Waals surface area contributed by atoms with Crippen molar-refractivity contribution < 1.29 is 0 Å². The molecule has 4 nitrogen and oxygen atoms in total. The maximum absolute atomic E-state index is 8.59. The molecule has 0 aromatic carbocycles. The van der Waals surface area contributed by atoms with Crippen LogP contribution in [0, 0.1) is 22.7 Å². The van der Waals surface area contributed by atoms with Gasteiger partial charge in [0.15, 0.2) is 0 Å². The Hall–Kier alpha value is -1.76. The van der Waals surface area contributed by atoms with Gasteiger partial charge in [-0.3, -0.25) is 9.97 Å². The van der Waals surface area contributed by atoms with Gasteiger partial charge < -0.3 is 0 Å². The van der Waals surface area contributed by atoms with Crippen LogP contribution in [0.4, 0.5) is 0 Å². The predicted octanol–water partition coefficient (Wildman–Crippen LogP) is 4.38. The van der Waals surface area contributed by atoms with Gasteiger partial charge in [0.1, 0.15) is 0 Å². The second-order valence-electron chi connectivity index (χ2n) is 4.13. The number of pyridine rings is 2. The van der Waals surface area contributed by atoms with Crippen LogP contribution < -0.4 is 0 Å². The summed E-state index contributed by atoms with van der Waals surface area (Å²) >= 11 is 6.55. The maximum Gasteiger partial charge on any atom is 0.0701 e. The minimum atomic E-state index is -0.0833. The van der Waals surface area contributed by atoms with Crippen LogP contribution in [0.1, 0.15) is 24.0 Å². The van der Waals surface area contributed by atoms with Crippen molar-refractivity contribution in [3.63, 3.8) is 0 Å². The second kappa shape index (κ2) is 9.23. The topological polar surface area (TPSA) is 73.4 Å². The Morgan fingerprint density at radius 1 is 1.05 bits per heavy atom. The molecule has 0 saturated carbocycles. The summed E-state index contributed by atoms with van der Waals surface area (Å²) in [5.74, 6) is -0.0833. The molecule has 2 rings (SSSR count). The average Bonchev–Trinajstić information content (AvgIpc) is 2.47. The van der Waals surface area contributed by atoms with Gasteiger partial charge in [0, 0.05) is 33.7 Å². The lowest BCUT2D eigenvalue weighted by Gasteiger charge is -2.00. The standard InChI is InChI=1S/C8H7BrN2.C7H5BrN2/c1-6(3-10)7-2-8(9)5-11-4-7;8-7-3-6(1-2-9)4-10-5-7/h2,4-6H,1H3;3-5H,1H2. The summed E-state index contributed by atoms with van der Waals surface area (Å²) in [4.78, 5) is 7.86. The van der Waals surface area contributed by atoms with Crippen LogP contribution in [0.5, 0.6) is 0 Å². The van der Waals surface area contributed by atoms with Crippen LogP contribution in [-0.2, 0) is 6.42 Å². The van der Waals surface area contributed by atoms with Gasteiger partial charge >= 0.3 is 0 Å². The van der Waals surface area contributed by atoms with Gasteiger partial charge in [0.25, 0.3) is 0 Å². The fraction of sp³-hybridized carbons (Fsp3) is 0.200. The van der Waals surface area contributed by atoms with Crippen molar-refractivity contribution in [2.24, 2.45) is 0 Å². The van der Waals surface area contributed by atoms with Crippen LogP contribution in [0.15, 0.2) is 45.9 Å². The quantitative estimate of drug-likeness (QED) is 0.740. The molecule has 2 aromatic rings. The summed E-state index contributed by atoms with van der Waals surface area (Å²) in [6, 6.07) is 7.99. The number of hydrogen-bond acceptors (Lipinski definition) is 4. The minimum absolute atomic E-state index is 0.0833. The van der Waals surface area contributed by atoms with E-state index in [1.165, 1.54) is 0 Å². The smallest absolute Gasteiger partial charge is 0.0701 e. The second-order valence-corrected chi connectivity index (χ2v) is 5.96. The number of aromatic nitrogens is 2. The molecule has 0 spiro atoms. The Morgan fingerprint density at radius 3 is 2.19 bits per heavy atom. The highest BCUT2D eigenvalue weighted by molar-refractivity contribution is 9.10. The maximum atomic E-state index is 8.59. The van der Waals surface area contributed by atoms with Gasteiger partial charge in [-0.25, -0.2) is 0 Å². The third-order valence-electron chi connectivity index (χ3n) is 2.46. The average molecular weight is 408 g/mol. The van der Waals surface area contributed by atoms with E-state index in [-0.39, 0.29) is 5.92 Å². The molecular weight excluding hydrogens is 396 g/mol. The normalized spacial score (nSPS) is 10.5. The third-order valence-corrected chi connectivity index (χ3v) is 3.33. The van der Waals surface area contributed by atoms with E-state index in [2.05, 4.69) is 54.0 Å². The molecule has 0 aliphatic carbocycles. The van der Waals surface area contributed by atoms with E-state index in [1.807, 2.05) is 19.1 Å². The molecule has 0 saturated heterocycles. The molecular formula is C15H12Br2N4. The predicted molar refractivity (Wildman–Crippen MR) is 87.2 cm³/mol. The number of nitriles is 2. The lowest BCUT2D eigenvalue weighted by atomic mass is 10.1. The Labute approximate surface area is 140 Å². The van der Waals surface area contributed by atoms with Crippen molar-refractivity contribution in [1.82, 2.24) is 9.97 Å². The summed E-state index contributed by atoms with van der Waals surface area (Å²) < 4.78 is 1.83. The van der Waals surface area contributed by atoms with Gasteiger partial charge in [-0.1, -0.05) is 0 Å². The monoisotopic (exact) mass is 406 g/mol. The van der Waals surface area contributed by atoms with Gasteiger partial charge in [-0.05, 0) is 62.0 Å². The van der Waals surface area contributed by atoms with Crippen molar-refractivity contribution >= 4 is 31.9 Å². The summed E-state index contributed by atoms with van der Waals surface area (Å²) in [5, 5.41) is 16.9. The summed E-state index contributed by atoms with van der Waals surface area (Å²) in [6.07, 6.45) is 7.22. The SMILES string of the molecule is CC(C#N)c1cncc(Br)c1.N#CCc1cncc(Br)c1. The summed E-state index contributed by atoms with van der Waals surface area (Å²) in [7, 11) is 0. The van der Waals surface area contributed by atoms with Crippen LogP contribution in [-0.4, -0.2) is 9.97 Å². The third kappa shape index (κ3) is 6.48. The first-order valence-electron chi connectivity index (χ1n) is 6.03. The number of rotatable bonds is 2. The van der Waals surface area contributed by atoms with Crippen molar-refractivity contribution in [3.8, 4) is 12.1 Å². The largest absolute Gasteiger partial charge is 0.263 e. The van der Waals surface area contributed by atoms with Gasteiger partial charge in [0.2, 0.25) is 0 Å². The van der Waals surface area contributed by atoms with Gasteiger partial charge in [-0.2, -0.15) is 10.5 Å². The van der Waals surface area contributed by atoms with E-state index in [0.717, 1.165) is 20.1 Å². The Kier molecular flexibility index (Phi) is 7.60. The van der Waals surface area contributed by atoms with Crippen LogP contribution >= 0.6 is 31.9 Å². The zero-order valence-corrected chi connectivity index (χ0v) is 14.5. The molecule has 0 aliphatic rings. The highest BCUT2D eigenvalue weighted by atomic mass is 79.9. The van der Waals surface area contributed by atoms with Crippen LogP contribution in [0.2, 0.25) is 0 Å². The minimum Gasteiger partial charge on any atom is -0.263 e. The molecule has 6 heteroatoms. The van der Waals surface area contributed by atoms with Crippen LogP contribution in [0.25, 0.3) is 0 Å². The van der Waals surface area contributed by atoms with E-state index in [9.17, 15) is 0 Å². The Bertz CT molecular complexity index is 674. The Balaban J connectivity index is 0.000000211. The molecule has 2 heterocycles. The summed E-state index contributed by atoms with van der Waals surface area (Å²) in [5.41, 5.74) is 1.89. The Morgan fingerprint density at radius 2 is 1.67 bits per heavy atom. The fourth-order valence-electron chi connectivity index (χ4n) is 1.38.